The summed E-state index contributed by atoms with van der Waals surface area (Å²) >= 11 is 0. The van der Waals surface area contributed by atoms with Crippen LogP contribution >= 0.6 is 0 Å². The molecule has 0 unspecified atom stereocenters. The molecule has 0 bridgehead atoms. The number of hydrogen-bond donors (Lipinski definition) is 1. The van der Waals surface area contributed by atoms with Gasteiger partial charge in [-0.2, -0.15) is 5.10 Å². The van der Waals surface area contributed by atoms with E-state index in [1.807, 2.05) is 6.20 Å². The van der Waals surface area contributed by atoms with Crippen LogP contribution in [0.5, 0.6) is 0 Å². The van der Waals surface area contributed by atoms with Crippen LogP contribution in [0.25, 0.3) is 0 Å². The molecule has 0 amide bonds. The predicted octanol–water partition coefficient (Wildman–Crippen LogP) is 1.20. The highest BCUT2D eigenvalue weighted by molar-refractivity contribution is 7.89. The van der Waals surface area contributed by atoms with Gasteiger partial charge in [0.05, 0.1) is 11.4 Å². The molecule has 1 N–H and O–H groups in total. The van der Waals surface area contributed by atoms with Crippen LogP contribution in [0.2, 0.25) is 0 Å². The average molecular weight is 326 g/mol. The van der Waals surface area contributed by atoms with Crippen LogP contribution in [0.4, 0.5) is 0 Å². The molecule has 1 saturated carbocycles. The maximum atomic E-state index is 11.6. The first kappa shape index (κ1) is 16.0. The topological polar surface area (TPSA) is 67.2 Å². The van der Waals surface area contributed by atoms with Crippen LogP contribution in [0, 0.1) is 5.92 Å². The van der Waals surface area contributed by atoms with Gasteiger partial charge in [0.25, 0.3) is 0 Å². The van der Waals surface area contributed by atoms with E-state index in [1.165, 1.54) is 25.0 Å². The zero-order valence-electron chi connectivity index (χ0n) is 13.2. The minimum atomic E-state index is -3.09. The van der Waals surface area contributed by atoms with E-state index >= 15 is 0 Å². The summed E-state index contributed by atoms with van der Waals surface area (Å²) in [5.74, 6) is 0.594. The van der Waals surface area contributed by atoms with Gasteiger partial charge >= 0.3 is 0 Å². The van der Waals surface area contributed by atoms with E-state index in [0.29, 0.717) is 18.5 Å². The molecule has 3 rings (SSSR count). The Labute approximate surface area is 132 Å². The van der Waals surface area contributed by atoms with Gasteiger partial charge in [-0.3, -0.25) is 9.58 Å². The highest BCUT2D eigenvalue weighted by atomic mass is 32.2. The molecule has 1 atom stereocenters. The van der Waals surface area contributed by atoms with Gasteiger partial charge < -0.3 is 0 Å². The fourth-order valence-electron chi connectivity index (χ4n) is 3.30. The van der Waals surface area contributed by atoms with Gasteiger partial charge in [-0.25, -0.2) is 13.1 Å². The second kappa shape index (κ2) is 6.68. The van der Waals surface area contributed by atoms with Gasteiger partial charge in [-0.15, -0.1) is 0 Å². The van der Waals surface area contributed by atoms with Crippen LogP contribution in [0.3, 0.4) is 0 Å². The second-order valence-electron chi connectivity index (χ2n) is 6.47. The van der Waals surface area contributed by atoms with Crippen molar-refractivity contribution >= 4 is 10.0 Å². The zero-order valence-corrected chi connectivity index (χ0v) is 14.1. The molecule has 6 nitrogen and oxygen atoms in total. The van der Waals surface area contributed by atoms with Gasteiger partial charge in [0, 0.05) is 38.4 Å². The fourth-order valence-corrected chi connectivity index (χ4v) is 3.93. The summed E-state index contributed by atoms with van der Waals surface area (Å²) in [5.41, 5.74) is 1.28. The first-order valence-electron chi connectivity index (χ1n) is 8.29. The molecule has 2 aliphatic rings. The summed E-state index contributed by atoms with van der Waals surface area (Å²) in [6.45, 7) is 5.10. The predicted molar refractivity (Wildman–Crippen MR) is 85.8 cm³/mol. The number of fused-ring (bicyclic) bond motifs is 1. The summed E-state index contributed by atoms with van der Waals surface area (Å²) in [7, 11) is -3.09. The molecule has 124 valence electrons. The van der Waals surface area contributed by atoms with Gasteiger partial charge in [0.1, 0.15) is 0 Å². The quantitative estimate of drug-likeness (QED) is 0.853. The number of rotatable bonds is 6. The van der Waals surface area contributed by atoms with Crippen molar-refractivity contribution in [2.75, 3.05) is 18.8 Å². The number of aromatic nitrogens is 2. The van der Waals surface area contributed by atoms with Crippen molar-refractivity contribution < 1.29 is 8.42 Å². The molecular formula is C15H26N4O2S. The Morgan fingerprint density at radius 2 is 2.18 bits per heavy atom. The Balaban J connectivity index is 1.62. The van der Waals surface area contributed by atoms with Gasteiger partial charge in [-0.1, -0.05) is 6.42 Å². The first-order valence-corrected chi connectivity index (χ1v) is 9.94. The largest absolute Gasteiger partial charge is 0.294 e. The maximum Gasteiger partial charge on any atom is 0.211 e. The molecule has 0 aromatic carbocycles. The lowest BCUT2D eigenvalue weighted by atomic mass is 9.90. The molecular weight excluding hydrogens is 300 g/mol. The molecule has 1 aliphatic carbocycles. The van der Waals surface area contributed by atoms with E-state index in [4.69, 9.17) is 0 Å². The third-order valence-corrected chi connectivity index (χ3v) is 6.34. The molecule has 1 aromatic heterocycles. The first-order chi connectivity index (χ1) is 10.6. The van der Waals surface area contributed by atoms with Crippen molar-refractivity contribution in [3.05, 3.63) is 18.0 Å². The van der Waals surface area contributed by atoms with Crippen LogP contribution in [-0.2, 0) is 23.1 Å². The molecule has 0 radical (unpaired) electrons. The van der Waals surface area contributed by atoms with Gasteiger partial charge in [0.15, 0.2) is 0 Å². The molecule has 22 heavy (non-hydrogen) atoms. The molecule has 0 spiro atoms. The smallest absolute Gasteiger partial charge is 0.211 e. The minimum Gasteiger partial charge on any atom is -0.294 e. The zero-order chi connectivity index (χ0) is 15.6. The van der Waals surface area contributed by atoms with Crippen molar-refractivity contribution in [1.82, 2.24) is 19.4 Å². The number of hydrogen-bond acceptors (Lipinski definition) is 4. The highest BCUT2D eigenvalue weighted by Gasteiger charge is 2.30. The van der Waals surface area contributed by atoms with Crippen LogP contribution in [0.1, 0.15) is 38.3 Å². The lowest BCUT2D eigenvalue weighted by molar-refractivity contribution is 0.102. The lowest BCUT2D eigenvalue weighted by Crippen LogP contribution is -2.42. The fraction of sp³-hybridized carbons (Fsp3) is 0.800. The highest BCUT2D eigenvalue weighted by Crippen LogP contribution is 2.29. The van der Waals surface area contributed by atoms with Crippen molar-refractivity contribution in [2.45, 2.75) is 51.7 Å². The molecule has 1 fully saturated rings. The minimum absolute atomic E-state index is 0.148. The van der Waals surface area contributed by atoms with E-state index in [0.717, 1.165) is 26.1 Å². The van der Waals surface area contributed by atoms with Gasteiger partial charge in [-0.05, 0) is 38.2 Å². The third-order valence-electron chi connectivity index (χ3n) is 4.94. The lowest BCUT2D eigenvalue weighted by Gasteiger charge is -2.38. The summed E-state index contributed by atoms with van der Waals surface area (Å²) < 4.78 is 27.9. The summed E-state index contributed by atoms with van der Waals surface area (Å²) in [5, 5.41) is 4.43. The molecule has 1 aliphatic heterocycles. The van der Waals surface area contributed by atoms with Gasteiger partial charge in [0.2, 0.25) is 10.0 Å². The van der Waals surface area contributed by atoms with E-state index < -0.39 is 10.0 Å². The van der Waals surface area contributed by atoms with E-state index in [-0.39, 0.29) is 5.75 Å². The molecule has 7 heteroatoms. The Hall–Kier alpha value is -0.920. The Bertz CT molecular complexity index is 594. The monoisotopic (exact) mass is 326 g/mol. The number of nitrogens with one attached hydrogen (secondary N) is 1. The standard InChI is InChI=1S/C15H26N4O2S/c1-2-22(20,21)17-9-6-13-10-18(14-4-3-5-14)12-15-7-8-16-19(15)11-13/h7-8,13-14,17H,2-6,9-12H2,1H3/t13-/m0/s1. The SMILES string of the molecule is CCS(=O)(=O)NCC[C@H]1CN(C2CCC2)Cc2ccnn2C1. The molecule has 1 aromatic rings. The molecule has 0 saturated heterocycles. The van der Waals surface area contributed by atoms with Crippen LogP contribution in [-0.4, -0.2) is 48.0 Å². The van der Waals surface area contributed by atoms with Crippen molar-refractivity contribution in [2.24, 2.45) is 5.92 Å². The van der Waals surface area contributed by atoms with Crippen molar-refractivity contribution in [1.29, 1.82) is 0 Å². The molecule has 2 heterocycles. The van der Waals surface area contributed by atoms with Crippen LogP contribution < -0.4 is 4.72 Å². The maximum absolute atomic E-state index is 11.6. The van der Waals surface area contributed by atoms with Crippen LogP contribution in [0.15, 0.2) is 12.3 Å². The number of nitrogens with zero attached hydrogens (tertiary/aromatic N) is 3. The van der Waals surface area contributed by atoms with E-state index in [1.54, 1.807) is 6.92 Å². The Kier molecular flexibility index (Phi) is 4.84. The normalized spacial score (nSPS) is 23.8. The Morgan fingerprint density at radius 3 is 2.86 bits per heavy atom. The number of sulfonamides is 1. The Morgan fingerprint density at radius 1 is 1.36 bits per heavy atom. The second-order valence-corrected chi connectivity index (χ2v) is 8.57. The van der Waals surface area contributed by atoms with E-state index in [9.17, 15) is 8.42 Å². The summed E-state index contributed by atoms with van der Waals surface area (Å²) in [6, 6.07) is 2.81. The third kappa shape index (κ3) is 3.70. The van der Waals surface area contributed by atoms with Crippen molar-refractivity contribution in [3.8, 4) is 0 Å². The average Bonchev–Trinajstić information content (AvgIpc) is 2.77. The summed E-state index contributed by atoms with van der Waals surface area (Å²) in [6.07, 6.45) is 6.66. The summed E-state index contributed by atoms with van der Waals surface area (Å²) in [4.78, 5) is 2.57. The van der Waals surface area contributed by atoms with Crippen molar-refractivity contribution in [3.63, 3.8) is 0 Å². The van der Waals surface area contributed by atoms with E-state index in [2.05, 4.69) is 25.5 Å².